The molecule has 3 heterocycles. The predicted octanol–water partition coefficient (Wildman–Crippen LogP) is 0.862. The molecule has 1 amide bonds. The van der Waals surface area contributed by atoms with Gasteiger partial charge in [-0.1, -0.05) is 11.2 Å². The molecule has 10 heteroatoms. The monoisotopic (exact) mass is 370 g/mol. The Balaban J connectivity index is 1.63. The molecule has 0 bridgehead atoms. The van der Waals surface area contributed by atoms with E-state index in [0.29, 0.717) is 22.8 Å². The van der Waals surface area contributed by atoms with E-state index in [0.717, 1.165) is 10.8 Å². The van der Waals surface area contributed by atoms with Gasteiger partial charge in [0.2, 0.25) is 12.7 Å². The van der Waals surface area contributed by atoms with Gasteiger partial charge in [-0.2, -0.15) is 0 Å². The van der Waals surface area contributed by atoms with Crippen molar-refractivity contribution in [2.75, 3.05) is 12.1 Å². The molecule has 27 heavy (non-hydrogen) atoms. The van der Waals surface area contributed by atoms with Crippen LogP contribution in [-0.4, -0.2) is 27.4 Å². The van der Waals surface area contributed by atoms with Gasteiger partial charge in [-0.25, -0.2) is 4.79 Å². The van der Waals surface area contributed by atoms with Gasteiger partial charge in [0.25, 0.3) is 11.5 Å². The van der Waals surface area contributed by atoms with Crippen molar-refractivity contribution in [3.8, 4) is 11.5 Å². The van der Waals surface area contributed by atoms with Crippen LogP contribution in [0.15, 0.2) is 44.6 Å². The van der Waals surface area contributed by atoms with Crippen LogP contribution in [0.4, 0.5) is 5.88 Å². The molecule has 0 saturated carbocycles. The van der Waals surface area contributed by atoms with Crippen molar-refractivity contribution in [1.29, 1.82) is 0 Å². The van der Waals surface area contributed by atoms with E-state index >= 15 is 0 Å². The third-order valence-electron chi connectivity index (χ3n) is 3.95. The highest BCUT2D eigenvalue weighted by molar-refractivity contribution is 6.03. The second-order valence-electron chi connectivity index (χ2n) is 5.87. The topological polar surface area (TPSA) is 128 Å². The molecule has 3 aromatic rings. The largest absolute Gasteiger partial charge is 0.454 e. The molecule has 0 radical (unpaired) electrons. The first-order chi connectivity index (χ1) is 13.0. The molecule has 10 nitrogen and oxygen atoms in total. The average Bonchev–Trinajstić information content (AvgIpc) is 3.26. The number of carbonyl (C=O) groups excluding carboxylic acids is 1. The summed E-state index contributed by atoms with van der Waals surface area (Å²) < 4.78 is 16.4. The Kier molecular flexibility index (Phi) is 3.99. The van der Waals surface area contributed by atoms with Crippen molar-refractivity contribution in [2.45, 2.75) is 13.5 Å². The van der Waals surface area contributed by atoms with Crippen LogP contribution in [0, 0.1) is 6.92 Å². The first kappa shape index (κ1) is 16.6. The van der Waals surface area contributed by atoms with Crippen LogP contribution in [0.1, 0.15) is 21.6 Å². The number of ether oxygens (including phenoxy) is 2. The molecule has 4 rings (SSSR count). The number of aryl methyl sites for hydroxylation is 1. The van der Waals surface area contributed by atoms with E-state index in [1.807, 2.05) is 0 Å². The first-order valence-corrected chi connectivity index (χ1v) is 7.97. The highest BCUT2D eigenvalue weighted by Gasteiger charge is 2.18. The molecule has 0 saturated heterocycles. The molecule has 1 aliphatic rings. The van der Waals surface area contributed by atoms with Gasteiger partial charge in [-0.15, -0.1) is 0 Å². The normalized spacial score (nSPS) is 12.2. The van der Waals surface area contributed by atoms with Gasteiger partial charge in [-0.05, 0) is 24.6 Å². The number of nitrogens with zero attached hydrogens (tertiary/aromatic N) is 2. The van der Waals surface area contributed by atoms with E-state index in [4.69, 9.17) is 14.0 Å². The summed E-state index contributed by atoms with van der Waals surface area (Å²) in [4.78, 5) is 39.5. The van der Waals surface area contributed by atoms with Crippen LogP contribution in [-0.2, 0) is 6.54 Å². The lowest BCUT2D eigenvalue weighted by Gasteiger charge is -2.08. The number of hydrogen-bond acceptors (Lipinski definition) is 7. The van der Waals surface area contributed by atoms with Gasteiger partial charge in [0.05, 0.1) is 12.2 Å². The zero-order valence-electron chi connectivity index (χ0n) is 14.1. The first-order valence-electron chi connectivity index (χ1n) is 7.97. The van der Waals surface area contributed by atoms with Crippen molar-refractivity contribution in [3.05, 3.63) is 68.1 Å². The number of aromatic nitrogens is 3. The maximum atomic E-state index is 12.6. The molecule has 1 aromatic carbocycles. The Hall–Kier alpha value is -3.82. The number of anilines is 1. The van der Waals surface area contributed by atoms with Crippen LogP contribution in [0.3, 0.4) is 0 Å². The minimum atomic E-state index is -0.731. The fourth-order valence-electron chi connectivity index (χ4n) is 2.64. The van der Waals surface area contributed by atoms with Crippen molar-refractivity contribution in [3.63, 3.8) is 0 Å². The number of H-pyrrole nitrogens is 1. The molecule has 0 unspecified atom stereocenters. The number of nitrogens with one attached hydrogen (secondary N) is 2. The lowest BCUT2D eigenvalue weighted by Crippen LogP contribution is -2.39. The Bertz CT molecular complexity index is 1140. The third-order valence-corrected chi connectivity index (χ3v) is 3.95. The van der Waals surface area contributed by atoms with Crippen LogP contribution in [0.5, 0.6) is 11.5 Å². The molecule has 2 aromatic heterocycles. The maximum absolute atomic E-state index is 12.6. The summed E-state index contributed by atoms with van der Waals surface area (Å²) in [5.74, 6) is 0.513. The van der Waals surface area contributed by atoms with Crippen molar-refractivity contribution in [1.82, 2.24) is 14.7 Å². The van der Waals surface area contributed by atoms with Crippen LogP contribution >= 0.6 is 0 Å². The molecule has 2 N–H and O–H groups in total. The zero-order valence-corrected chi connectivity index (χ0v) is 14.1. The van der Waals surface area contributed by atoms with Gasteiger partial charge in [0, 0.05) is 12.3 Å². The van der Waals surface area contributed by atoms with Crippen LogP contribution in [0.2, 0.25) is 0 Å². The summed E-state index contributed by atoms with van der Waals surface area (Å²) in [6.45, 7) is 1.78. The van der Waals surface area contributed by atoms with E-state index in [1.165, 1.54) is 6.07 Å². The van der Waals surface area contributed by atoms with E-state index in [9.17, 15) is 14.4 Å². The number of benzene rings is 1. The zero-order chi connectivity index (χ0) is 19.0. The SMILES string of the molecule is Cc1cc(NC(=O)c2c[nH]c(=O)n(Cc3ccc4c(c3)OCO4)c2=O)on1. The molecule has 0 fully saturated rings. The number of aromatic amines is 1. The smallest absolute Gasteiger partial charge is 0.328 e. The summed E-state index contributed by atoms with van der Waals surface area (Å²) in [7, 11) is 0. The molecule has 138 valence electrons. The van der Waals surface area contributed by atoms with Crippen molar-refractivity contribution < 1.29 is 18.8 Å². The van der Waals surface area contributed by atoms with Gasteiger partial charge in [0.1, 0.15) is 5.56 Å². The summed E-state index contributed by atoms with van der Waals surface area (Å²) in [5.41, 5.74) is -0.374. The Morgan fingerprint density at radius 2 is 2.07 bits per heavy atom. The van der Waals surface area contributed by atoms with Gasteiger partial charge >= 0.3 is 5.69 Å². The molecule has 1 aliphatic heterocycles. The van der Waals surface area contributed by atoms with Crippen molar-refractivity contribution >= 4 is 11.8 Å². The summed E-state index contributed by atoms with van der Waals surface area (Å²) in [5, 5.41) is 6.07. The number of fused-ring (bicyclic) bond motifs is 1. The van der Waals surface area contributed by atoms with Crippen molar-refractivity contribution in [2.24, 2.45) is 0 Å². The van der Waals surface area contributed by atoms with E-state index in [2.05, 4.69) is 15.5 Å². The quantitative estimate of drug-likeness (QED) is 0.697. The summed E-state index contributed by atoms with van der Waals surface area (Å²) in [6, 6.07) is 6.59. The van der Waals surface area contributed by atoms with Gasteiger partial charge in [-0.3, -0.25) is 19.5 Å². The van der Waals surface area contributed by atoms with Gasteiger partial charge < -0.3 is 19.0 Å². The summed E-state index contributed by atoms with van der Waals surface area (Å²) in [6.07, 6.45) is 1.07. The second kappa shape index (κ2) is 6.48. The molecule has 0 spiro atoms. The Morgan fingerprint density at radius 1 is 1.26 bits per heavy atom. The number of hydrogen-bond donors (Lipinski definition) is 2. The predicted molar refractivity (Wildman–Crippen MR) is 92.2 cm³/mol. The second-order valence-corrected chi connectivity index (χ2v) is 5.87. The molecular formula is C17H14N4O6. The number of amides is 1. The fraction of sp³-hybridized carbons (Fsp3) is 0.176. The molecule has 0 atom stereocenters. The molecule has 0 aliphatic carbocycles. The standard InChI is InChI=1S/C17H14N4O6/c1-9-4-14(27-20-9)19-15(22)11-6-18-17(24)21(16(11)23)7-10-2-3-12-13(5-10)26-8-25-12/h2-6H,7-8H2,1H3,(H,18,24)(H,19,22). The fourth-order valence-corrected chi connectivity index (χ4v) is 2.64. The lowest BCUT2D eigenvalue weighted by atomic mass is 10.2. The summed E-state index contributed by atoms with van der Waals surface area (Å²) >= 11 is 0. The van der Waals surface area contributed by atoms with Crippen LogP contribution in [0.25, 0.3) is 0 Å². The van der Waals surface area contributed by atoms with E-state index in [-0.39, 0.29) is 24.8 Å². The van der Waals surface area contributed by atoms with Crippen LogP contribution < -0.4 is 26.0 Å². The highest BCUT2D eigenvalue weighted by Crippen LogP contribution is 2.32. The minimum Gasteiger partial charge on any atom is -0.454 e. The minimum absolute atomic E-state index is 0.0344. The van der Waals surface area contributed by atoms with Gasteiger partial charge in [0.15, 0.2) is 11.5 Å². The van der Waals surface area contributed by atoms with E-state index in [1.54, 1.807) is 25.1 Å². The number of carbonyl (C=O) groups is 1. The maximum Gasteiger partial charge on any atom is 0.328 e. The average molecular weight is 370 g/mol. The highest BCUT2D eigenvalue weighted by atomic mass is 16.7. The molecular weight excluding hydrogens is 356 g/mol. The lowest BCUT2D eigenvalue weighted by molar-refractivity contribution is 0.102. The number of rotatable bonds is 4. The Morgan fingerprint density at radius 3 is 2.85 bits per heavy atom. The van der Waals surface area contributed by atoms with E-state index < -0.39 is 17.2 Å². The Labute approximate surface area is 151 Å². The third kappa shape index (κ3) is 3.19.